The van der Waals surface area contributed by atoms with Crippen molar-refractivity contribution in [3.8, 4) is 5.75 Å². The number of anilines is 1. The number of carbonyl (C=O) groups is 1. The van der Waals surface area contributed by atoms with E-state index in [-0.39, 0.29) is 11.9 Å². The van der Waals surface area contributed by atoms with Gasteiger partial charge in [-0.2, -0.15) is 0 Å². The summed E-state index contributed by atoms with van der Waals surface area (Å²) >= 11 is 1.70. The van der Waals surface area contributed by atoms with Crippen LogP contribution in [0.25, 0.3) is 10.2 Å². The molecule has 6 nitrogen and oxygen atoms in total. The van der Waals surface area contributed by atoms with Crippen LogP contribution in [0.15, 0.2) is 42.6 Å². The molecule has 1 aliphatic heterocycles. The molecule has 134 valence electrons. The van der Waals surface area contributed by atoms with Crippen molar-refractivity contribution in [1.29, 1.82) is 0 Å². The molecule has 1 amide bonds. The first kappa shape index (κ1) is 16.8. The molecule has 0 unspecified atom stereocenters. The van der Waals surface area contributed by atoms with Crippen molar-refractivity contribution >= 4 is 32.6 Å². The third-order valence-electron chi connectivity index (χ3n) is 4.58. The van der Waals surface area contributed by atoms with Crippen LogP contribution < -0.4 is 15.0 Å². The number of fused-ring (bicyclic) bond motifs is 1. The summed E-state index contributed by atoms with van der Waals surface area (Å²) in [6.07, 6.45) is 3.44. The normalized spacial score (nSPS) is 15.2. The van der Waals surface area contributed by atoms with Crippen molar-refractivity contribution in [3.05, 3.63) is 48.3 Å². The summed E-state index contributed by atoms with van der Waals surface area (Å²) in [4.78, 5) is 23.4. The fourth-order valence-corrected chi connectivity index (χ4v) is 4.13. The van der Waals surface area contributed by atoms with E-state index in [1.165, 1.54) is 0 Å². The Morgan fingerprint density at radius 3 is 2.85 bits per heavy atom. The molecule has 0 bridgehead atoms. The number of nitrogens with one attached hydrogen (secondary N) is 1. The zero-order valence-electron chi connectivity index (χ0n) is 14.5. The second kappa shape index (κ2) is 7.29. The number of benzene rings is 1. The summed E-state index contributed by atoms with van der Waals surface area (Å²) in [5.41, 5.74) is 1.44. The van der Waals surface area contributed by atoms with Crippen LogP contribution in [0.1, 0.15) is 23.3 Å². The van der Waals surface area contributed by atoms with Gasteiger partial charge in [-0.05, 0) is 37.1 Å². The van der Waals surface area contributed by atoms with Gasteiger partial charge in [-0.1, -0.05) is 17.4 Å². The molecule has 3 heterocycles. The molecule has 26 heavy (non-hydrogen) atoms. The molecule has 1 aromatic carbocycles. The summed E-state index contributed by atoms with van der Waals surface area (Å²) in [6.45, 7) is 1.76. The Labute approximate surface area is 155 Å². The second-order valence-corrected chi connectivity index (χ2v) is 7.29. The van der Waals surface area contributed by atoms with Gasteiger partial charge in [0.2, 0.25) is 0 Å². The van der Waals surface area contributed by atoms with Gasteiger partial charge in [0.15, 0.2) is 5.13 Å². The third-order valence-corrected chi connectivity index (χ3v) is 5.68. The SMILES string of the molecule is COc1ccc2sc(N3CCC(NC(=O)c4ccccn4)CC3)nc2c1. The minimum Gasteiger partial charge on any atom is -0.497 e. The average molecular weight is 368 g/mol. The number of ether oxygens (including phenoxy) is 1. The third kappa shape index (κ3) is 3.48. The maximum absolute atomic E-state index is 12.2. The molecular formula is C19H20N4O2S. The lowest BCUT2D eigenvalue weighted by Crippen LogP contribution is -2.44. The smallest absolute Gasteiger partial charge is 0.270 e. The molecule has 0 saturated carbocycles. The lowest BCUT2D eigenvalue weighted by atomic mass is 10.1. The zero-order valence-corrected chi connectivity index (χ0v) is 15.3. The van der Waals surface area contributed by atoms with E-state index in [9.17, 15) is 4.79 Å². The predicted molar refractivity (Wildman–Crippen MR) is 103 cm³/mol. The Hall–Kier alpha value is -2.67. The molecule has 3 aromatic rings. The van der Waals surface area contributed by atoms with Gasteiger partial charge in [0, 0.05) is 31.4 Å². The van der Waals surface area contributed by atoms with Gasteiger partial charge >= 0.3 is 0 Å². The van der Waals surface area contributed by atoms with Crippen LogP contribution in [-0.2, 0) is 0 Å². The highest BCUT2D eigenvalue weighted by Crippen LogP contribution is 2.32. The number of rotatable bonds is 4. The highest BCUT2D eigenvalue weighted by molar-refractivity contribution is 7.22. The molecule has 0 atom stereocenters. The van der Waals surface area contributed by atoms with Gasteiger partial charge in [0.1, 0.15) is 11.4 Å². The largest absolute Gasteiger partial charge is 0.497 e. The first-order chi connectivity index (χ1) is 12.7. The Kier molecular flexibility index (Phi) is 4.71. The molecule has 4 rings (SSSR count). The first-order valence-corrected chi connectivity index (χ1v) is 9.46. The number of hydrogen-bond donors (Lipinski definition) is 1. The molecule has 1 aliphatic rings. The van der Waals surface area contributed by atoms with E-state index in [0.717, 1.165) is 47.0 Å². The van der Waals surface area contributed by atoms with E-state index in [0.29, 0.717) is 5.69 Å². The van der Waals surface area contributed by atoms with Gasteiger partial charge in [-0.3, -0.25) is 9.78 Å². The molecule has 2 aromatic heterocycles. The van der Waals surface area contributed by atoms with Crippen LogP contribution in [0.5, 0.6) is 5.75 Å². The lowest BCUT2D eigenvalue weighted by molar-refractivity contribution is 0.0926. The Morgan fingerprint density at radius 1 is 1.27 bits per heavy atom. The predicted octanol–water partition coefficient (Wildman–Crippen LogP) is 3.10. The number of piperidine rings is 1. The number of thiazole rings is 1. The number of nitrogens with zero attached hydrogens (tertiary/aromatic N) is 3. The summed E-state index contributed by atoms with van der Waals surface area (Å²) < 4.78 is 6.43. The Morgan fingerprint density at radius 2 is 2.12 bits per heavy atom. The molecular weight excluding hydrogens is 348 g/mol. The summed E-state index contributed by atoms with van der Waals surface area (Å²) in [6, 6.07) is 11.5. The molecule has 0 aliphatic carbocycles. The van der Waals surface area contributed by atoms with Crippen LogP contribution >= 0.6 is 11.3 Å². The van der Waals surface area contributed by atoms with Gasteiger partial charge in [0.05, 0.1) is 17.3 Å². The highest BCUT2D eigenvalue weighted by Gasteiger charge is 2.23. The summed E-state index contributed by atoms with van der Waals surface area (Å²) in [5, 5.41) is 4.12. The lowest BCUT2D eigenvalue weighted by Gasteiger charge is -2.32. The maximum Gasteiger partial charge on any atom is 0.270 e. The molecule has 0 radical (unpaired) electrons. The second-order valence-electron chi connectivity index (χ2n) is 6.28. The van der Waals surface area contributed by atoms with Crippen molar-refractivity contribution < 1.29 is 9.53 Å². The Balaban J connectivity index is 1.38. The molecule has 1 saturated heterocycles. The number of carbonyl (C=O) groups excluding carboxylic acids is 1. The van der Waals surface area contributed by atoms with Crippen molar-refractivity contribution in [3.63, 3.8) is 0 Å². The van der Waals surface area contributed by atoms with Gasteiger partial charge in [-0.15, -0.1) is 0 Å². The number of hydrogen-bond acceptors (Lipinski definition) is 6. The van der Waals surface area contributed by atoms with E-state index >= 15 is 0 Å². The monoisotopic (exact) mass is 368 g/mol. The van der Waals surface area contributed by atoms with Crippen LogP contribution in [0.3, 0.4) is 0 Å². The van der Waals surface area contributed by atoms with Gasteiger partial charge in [0.25, 0.3) is 5.91 Å². The van der Waals surface area contributed by atoms with Crippen LogP contribution in [0.2, 0.25) is 0 Å². The van der Waals surface area contributed by atoms with Crippen molar-refractivity contribution in [1.82, 2.24) is 15.3 Å². The quantitative estimate of drug-likeness (QED) is 0.766. The topological polar surface area (TPSA) is 67.3 Å². The van der Waals surface area contributed by atoms with Crippen LogP contribution in [0, 0.1) is 0 Å². The fourth-order valence-electron chi connectivity index (χ4n) is 3.13. The van der Waals surface area contributed by atoms with Crippen LogP contribution in [0.4, 0.5) is 5.13 Å². The standard InChI is InChI=1S/C19H20N4O2S/c1-25-14-5-6-17-16(12-14)22-19(26-17)23-10-7-13(8-11-23)21-18(24)15-4-2-3-9-20-15/h2-6,9,12-13H,7-8,10-11H2,1H3,(H,21,24). The fraction of sp³-hybridized carbons (Fsp3) is 0.316. The number of methoxy groups -OCH3 is 1. The summed E-state index contributed by atoms with van der Waals surface area (Å²) in [5.74, 6) is 0.724. The molecule has 1 fully saturated rings. The molecule has 0 spiro atoms. The minimum absolute atomic E-state index is 0.101. The van der Waals surface area contributed by atoms with E-state index in [4.69, 9.17) is 9.72 Å². The van der Waals surface area contributed by atoms with Crippen LogP contribution in [-0.4, -0.2) is 42.1 Å². The van der Waals surface area contributed by atoms with Crippen molar-refractivity contribution in [2.75, 3.05) is 25.1 Å². The number of amides is 1. The van der Waals surface area contributed by atoms with E-state index in [2.05, 4.69) is 21.3 Å². The van der Waals surface area contributed by atoms with E-state index < -0.39 is 0 Å². The van der Waals surface area contributed by atoms with Gasteiger partial charge in [-0.25, -0.2) is 4.98 Å². The first-order valence-electron chi connectivity index (χ1n) is 8.64. The Bertz CT molecular complexity index is 904. The zero-order chi connectivity index (χ0) is 17.9. The summed E-state index contributed by atoms with van der Waals surface area (Å²) in [7, 11) is 1.67. The average Bonchev–Trinajstić information content (AvgIpc) is 3.12. The minimum atomic E-state index is -0.101. The van der Waals surface area contributed by atoms with E-state index in [1.807, 2.05) is 24.3 Å². The molecule has 1 N–H and O–H groups in total. The van der Waals surface area contributed by atoms with Crippen molar-refractivity contribution in [2.45, 2.75) is 18.9 Å². The maximum atomic E-state index is 12.2. The number of pyridine rings is 1. The highest BCUT2D eigenvalue weighted by atomic mass is 32.1. The van der Waals surface area contributed by atoms with Gasteiger partial charge < -0.3 is 15.0 Å². The van der Waals surface area contributed by atoms with E-state index in [1.54, 1.807) is 30.7 Å². The molecule has 7 heteroatoms. The number of aromatic nitrogens is 2. The van der Waals surface area contributed by atoms with Crippen molar-refractivity contribution in [2.24, 2.45) is 0 Å².